The third-order valence-electron chi connectivity index (χ3n) is 3.83. The second kappa shape index (κ2) is 4.70. The van der Waals surface area contributed by atoms with Crippen LogP contribution < -0.4 is 5.73 Å². The van der Waals surface area contributed by atoms with Crippen molar-refractivity contribution in [3.8, 4) is 0 Å². The maximum atomic E-state index is 5.90. The molecule has 2 rings (SSSR count). The quantitative estimate of drug-likeness (QED) is 0.756. The molecule has 1 saturated carbocycles. The van der Waals surface area contributed by atoms with Crippen LogP contribution in [0.25, 0.3) is 0 Å². The van der Waals surface area contributed by atoms with Crippen molar-refractivity contribution < 1.29 is 0 Å². The lowest BCUT2D eigenvalue weighted by Gasteiger charge is -2.39. The highest BCUT2D eigenvalue weighted by Gasteiger charge is 2.32. The highest BCUT2D eigenvalue weighted by molar-refractivity contribution is 7.99. The van der Waals surface area contributed by atoms with Crippen LogP contribution in [0.3, 0.4) is 0 Å². The zero-order chi connectivity index (χ0) is 9.10. The van der Waals surface area contributed by atoms with Gasteiger partial charge in [0.1, 0.15) is 0 Å². The van der Waals surface area contributed by atoms with E-state index in [2.05, 4.69) is 11.8 Å². The van der Waals surface area contributed by atoms with Crippen molar-refractivity contribution in [2.24, 2.45) is 23.5 Å². The predicted molar refractivity (Wildman–Crippen MR) is 59.9 cm³/mol. The van der Waals surface area contributed by atoms with Gasteiger partial charge in [-0.2, -0.15) is 11.8 Å². The molecule has 0 radical (unpaired) electrons. The first kappa shape index (κ1) is 9.85. The van der Waals surface area contributed by atoms with Crippen LogP contribution in [0.15, 0.2) is 0 Å². The van der Waals surface area contributed by atoms with Crippen molar-refractivity contribution >= 4 is 11.8 Å². The molecular formula is C11H21NS. The third-order valence-corrected chi connectivity index (χ3v) is 5.07. The van der Waals surface area contributed by atoms with Gasteiger partial charge in [-0.1, -0.05) is 19.3 Å². The SMILES string of the molecule is NCC(C1CCC1)C1CCCSC1. The van der Waals surface area contributed by atoms with Gasteiger partial charge in [-0.15, -0.1) is 0 Å². The molecule has 2 N–H and O–H groups in total. The first-order chi connectivity index (χ1) is 6.42. The summed E-state index contributed by atoms with van der Waals surface area (Å²) in [5.41, 5.74) is 5.90. The minimum absolute atomic E-state index is 0.863. The zero-order valence-electron chi connectivity index (χ0n) is 8.37. The van der Waals surface area contributed by atoms with Gasteiger partial charge in [0, 0.05) is 0 Å². The number of rotatable bonds is 3. The molecule has 1 nitrogen and oxygen atoms in total. The van der Waals surface area contributed by atoms with E-state index in [-0.39, 0.29) is 0 Å². The van der Waals surface area contributed by atoms with E-state index in [1.807, 2.05) is 0 Å². The molecular weight excluding hydrogens is 178 g/mol. The highest BCUT2D eigenvalue weighted by atomic mass is 32.2. The lowest BCUT2D eigenvalue weighted by atomic mass is 9.70. The van der Waals surface area contributed by atoms with Gasteiger partial charge in [0.05, 0.1) is 0 Å². The molecule has 1 aliphatic heterocycles. The number of hydrogen-bond acceptors (Lipinski definition) is 2. The van der Waals surface area contributed by atoms with Crippen LogP contribution in [0.1, 0.15) is 32.1 Å². The Labute approximate surface area is 85.8 Å². The third kappa shape index (κ3) is 2.21. The summed E-state index contributed by atoms with van der Waals surface area (Å²) in [4.78, 5) is 0. The van der Waals surface area contributed by atoms with Crippen molar-refractivity contribution in [2.45, 2.75) is 32.1 Å². The molecule has 2 unspecified atom stereocenters. The van der Waals surface area contributed by atoms with Crippen molar-refractivity contribution in [3.05, 3.63) is 0 Å². The molecule has 0 aromatic carbocycles. The Kier molecular flexibility index (Phi) is 3.56. The second-order valence-electron chi connectivity index (χ2n) is 4.57. The van der Waals surface area contributed by atoms with Crippen LogP contribution in [-0.2, 0) is 0 Å². The zero-order valence-corrected chi connectivity index (χ0v) is 9.19. The summed E-state index contributed by atoms with van der Waals surface area (Å²) in [5.74, 6) is 5.58. The van der Waals surface area contributed by atoms with E-state index in [1.165, 1.54) is 43.6 Å². The Morgan fingerprint density at radius 3 is 2.38 bits per heavy atom. The van der Waals surface area contributed by atoms with Crippen molar-refractivity contribution in [2.75, 3.05) is 18.1 Å². The molecule has 1 saturated heterocycles. The summed E-state index contributed by atoms with van der Waals surface area (Å²) < 4.78 is 0. The molecule has 1 aliphatic carbocycles. The van der Waals surface area contributed by atoms with Gasteiger partial charge < -0.3 is 5.73 Å². The lowest BCUT2D eigenvalue weighted by molar-refractivity contribution is 0.153. The smallest absolute Gasteiger partial charge is 0.00359 e. The van der Waals surface area contributed by atoms with E-state index in [0.717, 1.165) is 24.3 Å². The van der Waals surface area contributed by atoms with E-state index in [4.69, 9.17) is 5.73 Å². The molecule has 2 atom stereocenters. The van der Waals surface area contributed by atoms with Crippen molar-refractivity contribution in [1.29, 1.82) is 0 Å². The fraction of sp³-hybridized carbons (Fsp3) is 1.00. The molecule has 2 fully saturated rings. The van der Waals surface area contributed by atoms with Crippen molar-refractivity contribution in [1.82, 2.24) is 0 Å². The first-order valence-electron chi connectivity index (χ1n) is 5.69. The molecule has 0 spiro atoms. The maximum Gasteiger partial charge on any atom is -0.00359 e. The summed E-state index contributed by atoms with van der Waals surface area (Å²) in [7, 11) is 0. The number of nitrogens with two attached hydrogens (primary N) is 1. The molecule has 13 heavy (non-hydrogen) atoms. The average Bonchev–Trinajstić information content (AvgIpc) is 2.12. The maximum absolute atomic E-state index is 5.90. The van der Waals surface area contributed by atoms with Crippen LogP contribution in [0, 0.1) is 17.8 Å². The monoisotopic (exact) mass is 199 g/mol. The number of hydrogen-bond donors (Lipinski definition) is 1. The lowest BCUT2D eigenvalue weighted by Crippen LogP contribution is -2.36. The van der Waals surface area contributed by atoms with Crippen LogP contribution in [0.4, 0.5) is 0 Å². The molecule has 2 aliphatic rings. The predicted octanol–water partition coefficient (Wildman–Crippen LogP) is 2.50. The molecule has 0 aromatic heterocycles. The van der Waals surface area contributed by atoms with Gasteiger partial charge in [0.2, 0.25) is 0 Å². The largest absolute Gasteiger partial charge is 0.330 e. The molecule has 0 bridgehead atoms. The Balaban J connectivity index is 1.86. The van der Waals surface area contributed by atoms with Crippen LogP contribution in [0.5, 0.6) is 0 Å². The fourth-order valence-corrected chi connectivity index (χ4v) is 4.00. The highest BCUT2D eigenvalue weighted by Crippen LogP contribution is 2.40. The van der Waals surface area contributed by atoms with Gasteiger partial charge in [0.25, 0.3) is 0 Å². The van der Waals surface area contributed by atoms with E-state index in [1.54, 1.807) is 0 Å². The van der Waals surface area contributed by atoms with Crippen LogP contribution in [-0.4, -0.2) is 18.1 Å². The van der Waals surface area contributed by atoms with Crippen LogP contribution >= 0.6 is 11.8 Å². The Bertz CT molecular complexity index is 150. The molecule has 1 heterocycles. The minimum Gasteiger partial charge on any atom is -0.330 e. The normalized spacial score (nSPS) is 32.5. The topological polar surface area (TPSA) is 26.0 Å². The second-order valence-corrected chi connectivity index (χ2v) is 5.72. The van der Waals surface area contributed by atoms with Crippen molar-refractivity contribution in [3.63, 3.8) is 0 Å². The summed E-state index contributed by atoms with van der Waals surface area (Å²) in [6, 6.07) is 0. The van der Waals surface area contributed by atoms with Gasteiger partial charge in [-0.25, -0.2) is 0 Å². The van der Waals surface area contributed by atoms with E-state index < -0.39 is 0 Å². The Morgan fingerprint density at radius 1 is 1.15 bits per heavy atom. The molecule has 0 amide bonds. The number of thioether (sulfide) groups is 1. The van der Waals surface area contributed by atoms with Gasteiger partial charge in [0.15, 0.2) is 0 Å². The van der Waals surface area contributed by atoms with Gasteiger partial charge in [-0.05, 0) is 48.6 Å². The Hall–Kier alpha value is 0.310. The minimum atomic E-state index is 0.863. The molecule has 76 valence electrons. The fourth-order valence-electron chi connectivity index (χ4n) is 2.74. The van der Waals surface area contributed by atoms with Gasteiger partial charge >= 0.3 is 0 Å². The average molecular weight is 199 g/mol. The first-order valence-corrected chi connectivity index (χ1v) is 6.85. The summed E-state index contributed by atoms with van der Waals surface area (Å²) >= 11 is 2.14. The molecule has 0 aromatic rings. The van der Waals surface area contributed by atoms with E-state index in [9.17, 15) is 0 Å². The van der Waals surface area contributed by atoms with Crippen LogP contribution in [0.2, 0.25) is 0 Å². The van der Waals surface area contributed by atoms with E-state index in [0.29, 0.717) is 0 Å². The summed E-state index contributed by atoms with van der Waals surface area (Å²) in [5, 5.41) is 0. The van der Waals surface area contributed by atoms with Gasteiger partial charge in [-0.3, -0.25) is 0 Å². The molecule has 2 heteroatoms. The Morgan fingerprint density at radius 2 is 1.92 bits per heavy atom. The van der Waals surface area contributed by atoms with E-state index >= 15 is 0 Å². The standard InChI is InChI=1S/C11H21NS/c12-7-11(9-3-1-4-9)10-5-2-6-13-8-10/h9-11H,1-8,12H2. The summed E-state index contributed by atoms with van der Waals surface area (Å²) in [6.45, 7) is 0.940. The summed E-state index contributed by atoms with van der Waals surface area (Å²) in [6.07, 6.45) is 7.26.